The van der Waals surface area contributed by atoms with Gasteiger partial charge in [0.1, 0.15) is 0 Å². The molecule has 0 radical (unpaired) electrons. The molecule has 0 fully saturated rings. The van der Waals surface area contributed by atoms with Crippen molar-refractivity contribution in [2.24, 2.45) is 16.6 Å². The Morgan fingerprint density at radius 1 is 1.12 bits per heavy atom. The average Bonchev–Trinajstić information content (AvgIpc) is 2.35. The van der Waals surface area contributed by atoms with Gasteiger partial charge in [-0.25, -0.2) is 0 Å². The van der Waals surface area contributed by atoms with Gasteiger partial charge >= 0.3 is 106 Å². The monoisotopic (exact) mass is 312 g/mol. The maximum Gasteiger partial charge on any atom is -0.147 e. The molecule has 1 nitrogen and oxygen atoms in total. The Hall–Kier alpha value is 0.734. The van der Waals surface area contributed by atoms with Crippen LogP contribution in [0, 0.1) is 10.8 Å². The summed E-state index contributed by atoms with van der Waals surface area (Å²) < 4.78 is 1.49. The van der Waals surface area contributed by atoms with Gasteiger partial charge in [0, 0.05) is 0 Å². The summed E-state index contributed by atoms with van der Waals surface area (Å²) in [5.74, 6) is 0. The smallest absolute Gasteiger partial charge is 0.147 e. The summed E-state index contributed by atoms with van der Waals surface area (Å²) in [6, 6.07) is 0. The van der Waals surface area contributed by atoms with Gasteiger partial charge in [-0.2, -0.15) is 0 Å². The van der Waals surface area contributed by atoms with Crippen molar-refractivity contribution in [1.82, 2.24) is 0 Å². The Morgan fingerprint density at radius 2 is 1.53 bits per heavy atom. The molecule has 0 heterocycles. The molecule has 1 aliphatic carbocycles. The summed E-state index contributed by atoms with van der Waals surface area (Å²) >= 11 is 2.26. The van der Waals surface area contributed by atoms with Crippen LogP contribution in [0.5, 0.6) is 0 Å². The van der Waals surface area contributed by atoms with Gasteiger partial charge in [-0.05, 0) is 0 Å². The fraction of sp³-hybridized carbons (Fsp3) is 0.692. The van der Waals surface area contributed by atoms with Crippen molar-refractivity contribution < 1.29 is 20.4 Å². The molecule has 0 saturated heterocycles. The zero-order valence-corrected chi connectivity index (χ0v) is 14.8. The third-order valence-corrected chi connectivity index (χ3v) is 5.98. The Labute approximate surface area is 130 Å². The van der Waals surface area contributed by atoms with Crippen molar-refractivity contribution in [1.29, 1.82) is 0 Å². The van der Waals surface area contributed by atoms with Gasteiger partial charge in [0.2, 0.25) is 0 Å². The Kier molecular flexibility index (Phi) is 7.38. The second kappa shape index (κ2) is 6.26. The standard InChI is InChI=1S/C13H22N.2ClH.Ti/c1-9-7-13(6,11(3)10(9)2)12(4,5)8-14;;;/h8,14H2,1-6H3;2*1H;. The van der Waals surface area contributed by atoms with E-state index in [1.54, 1.807) is 0 Å². The molecule has 0 aromatic heterocycles. The summed E-state index contributed by atoms with van der Waals surface area (Å²) in [6.07, 6.45) is 0. The zero-order chi connectivity index (χ0) is 12.0. The van der Waals surface area contributed by atoms with Gasteiger partial charge in [0.05, 0.1) is 0 Å². The molecular weight excluding hydrogens is 289 g/mol. The summed E-state index contributed by atoms with van der Waals surface area (Å²) in [5.41, 5.74) is 10.6. The van der Waals surface area contributed by atoms with Gasteiger partial charge < -0.3 is 0 Å². The van der Waals surface area contributed by atoms with E-state index in [0.717, 1.165) is 6.54 Å². The molecule has 0 saturated carbocycles. The molecule has 0 amide bonds. The van der Waals surface area contributed by atoms with Crippen LogP contribution in [0.25, 0.3) is 0 Å². The number of halogens is 2. The molecule has 2 N–H and O–H groups in total. The van der Waals surface area contributed by atoms with E-state index in [1.165, 1.54) is 20.6 Å². The largest absolute Gasteiger partial charge is 0.147 e. The molecule has 1 atom stereocenters. The quantitative estimate of drug-likeness (QED) is 0.767. The molecule has 0 aliphatic heterocycles. The van der Waals surface area contributed by atoms with E-state index in [9.17, 15) is 0 Å². The first kappa shape index (κ1) is 20.1. The van der Waals surface area contributed by atoms with Crippen LogP contribution in [0.4, 0.5) is 0 Å². The Bertz CT molecular complexity index is 332. The van der Waals surface area contributed by atoms with Gasteiger partial charge in [0.15, 0.2) is 0 Å². The summed E-state index contributed by atoms with van der Waals surface area (Å²) in [6.45, 7) is 14.3. The maximum absolute atomic E-state index is 5.94. The van der Waals surface area contributed by atoms with Crippen molar-refractivity contribution in [3.63, 3.8) is 0 Å². The molecule has 0 aromatic carbocycles. The van der Waals surface area contributed by atoms with Crippen LogP contribution in [0.2, 0.25) is 0 Å². The first-order valence-electron chi connectivity index (χ1n) is 5.51. The van der Waals surface area contributed by atoms with Crippen molar-refractivity contribution >= 4 is 24.8 Å². The van der Waals surface area contributed by atoms with Gasteiger partial charge in [-0.1, -0.05) is 0 Å². The van der Waals surface area contributed by atoms with Crippen molar-refractivity contribution in [2.45, 2.75) is 41.5 Å². The number of nitrogens with two attached hydrogens (primary N) is 1. The minimum absolute atomic E-state index is 0. The van der Waals surface area contributed by atoms with E-state index in [1.807, 2.05) is 0 Å². The van der Waals surface area contributed by atoms with Crippen molar-refractivity contribution in [3.8, 4) is 0 Å². The predicted octanol–water partition coefficient (Wildman–Crippen LogP) is 3.99. The van der Waals surface area contributed by atoms with E-state index in [-0.39, 0.29) is 35.6 Å². The minimum atomic E-state index is 0. The van der Waals surface area contributed by atoms with E-state index in [2.05, 4.69) is 62.0 Å². The number of rotatable bonds is 2. The van der Waals surface area contributed by atoms with Crippen LogP contribution in [0.15, 0.2) is 20.6 Å². The fourth-order valence-corrected chi connectivity index (χ4v) is 3.57. The van der Waals surface area contributed by atoms with Crippen LogP contribution in [0.1, 0.15) is 41.5 Å². The number of hydrogen-bond donors (Lipinski definition) is 1. The molecule has 99 valence electrons. The summed E-state index contributed by atoms with van der Waals surface area (Å²) in [5, 5.41) is 0. The maximum atomic E-state index is 5.94. The van der Waals surface area contributed by atoms with Crippen molar-refractivity contribution in [2.75, 3.05) is 6.54 Å². The second-order valence-electron chi connectivity index (χ2n) is 5.46. The number of hydrogen-bond acceptors (Lipinski definition) is 1. The molecular formula is C13H24Cl2NTi. The molecule has 1 aliphatic rings. The fourth-order valence-electron chi connectivity index (χ4n) is 2.46. The van der Waals surface area contributed by atoms with Crippen LogP contribution in [-0.2, 0) is 20.4 Å². The van der Waals surface area contributed by atoms with E-state index in [0.29, 0.717) is 0 Å². The van der Waals surface area contributed by atoms with Gasteiger partial charge in [-0.3, -0.25) is 0 Å². The average molecular weight is 313 g/mol. The molecule has 0 bridgehead atoms. The Balaban J connectivity index is 0. The third kappa shape index (κ3) is 2.69. The van der Waals surface area contributed by atoms with Gasteiger partial charge in [0.25, 0.3) is 0 Å². The molecule has 1 unspecified atom stereocenters. The third-order valence-electron chi connectivity index (χ3n) is 4.61. The van der Waals surface area contributed by atoms with E-state index >= 15 is 0 Å². The van der Waals surface area contributed by atoms with E-state index < -0.39 is 0 Å². The SMILES string of the molecule is CC1=C(C)C(C)(C(C)(C)CN)[C]([Ti])=C1C.Cl.Cl. The van der Waals surface area contributed by atoms with Crippen LogP contribution in [0.3, 0.4) is 0 Å². The van der Waals surface area contributed by atoms with Crippen LogP contribution in [-0.4, -0.2) is 6.54 Å². The molecule has 4 heteroatoms. The zero-order valence-electron chi connectivity index (χ0n) is 11.6. The minimum Gasteiger partial charge on any atom is -0.147 e. The molecule has 0 aromatic rings. The summed E-state index contributed by atoms with van der Waals surface area (Å²) in [7, 11) is 0. The van der Waals surface area contributed by atoms with Crippen LogP contribution < -0.4 is 5.73 Å². The van der Waals surface area contributed by atoms with E-state index in [4.69, 9.17) is 5.73 Å². The predicted molar refractivity (Wildman–Crippen MR) is 76.5 cm³/mol. The van der Waals surface area contributed by atoms with Gasteiger partial charge in [-0.15, -0.1) is 24.8 Å². The molecule has 1 rings (SSSR count). The molecule has 0 spiro atoms. The Morgan fingerprint density at radius 3 is 1.76 bits per heavy atom. The van der Waals surface area contributed by atoms with Crippen LogP contribution >= 0.6 is 24.8 Å². The number of allylic oxidation sites excluding steroid dienone is 4. The first-order chi connectivity index (χ1) is 6.70. The van der Waals surface area contributed by atoms with Crippen molar-refractivity contribution in [3.05, 3.63) is 20.6 Å². The topological polar surface area (TPSA) is 26.0 Å². The molecule has 17 heavy (non-hydrogen) atoms. The second-order valence-corrected chi connectivity index (χ2v) is 6.24. The normalized spacial score (nSPS) is 24.6. The first-order valence-corrected chi connectivity index (χ1v) is 6.29. The summed E-state index contributed by atoms with van der Waals surface area (Å²) in [4.78, 5) is 0.